The molecule has 5 heteroatoms. The van der Waals surface area contributed by atoms with Gasteiger partial charge in [-0.1, -0.05) is 30.4 Å². The number of hydrogen-bond acceptors (Lipinski definition) is 1. The van der Waals surface area contributed by atoms with Gasteiger partial charge in [-0.15, -0.1) is 0 Å². The zero-order chi connectivity index (χ0) is 13.6. The van der Waals surface area contributed by atoms with E-state index in [2.05, 4.69) is 0 Å². The van der Waals surface area contributed by atoms with Crippen molar-refractivity contribution in [3.8, 4) is 0 Å². The Balaban J connectivity index is 1.99. The molecule has 0 fully saturated rings. The lowest BCUT2D eigenvalue weighted by atomic mass is 10.1. The first kappa shape index (κ1) is 13.2. The van der Waals surface area contributed by atoms with Crippen molar-refractivity contribution in [1.29, 1.82) is 0 Å². The van der Waals surface area contributed by atoms with Crippen molar-refractivity contribution in [1.82, 2.24) is 4.90 Å². The van der Waals surface area contributed by atoms with E-state index in [0.29, 0.717) is 3.58 Å². The van der Waals surface area contributed by atoms with Gasteiger partial charge in [-0.3, -0.25) is 4.90 Å². The van der Waals surface area contributed by atoms with Crippen LogP contribution in [0.1, 0.15) is 0 Å². The van der Waals surface area contributed by atoms with Gasteiger partial charge in [-0.25, -0.2) is 0 Å². The summed E-state index contributed by atoms with van der Waals surface area (Å²) in [5.41, 5.74) is -0.320. The maximum absolute atomic E-state index is 13.2. The van der Waals surface area contributed by atoms with Crippen molar-refractivity contribution >= 4 is 0 Å². The molecule has 0 aliphatic carbocycles. The summed E-state index contributed by atoms with van der Waals surface area (Å²) in [5, 5.41) is 0. The SMILES string of the molecule is CN1[C@@H]2C=C[C@H]1C([I+]c1ccccc1)=C2C(F)(F)F. The molecule has 2 aliphatic rings. The lowest BCUT2D eigenvalue weighted by Gasteiger charge is -2.17. The Labute approximate surface area is 120 Å². The smallest absolute Gasteiger partial charge is 0.282 e. The van der Waals surface area contributed by atoms with E-state index in [9.17, 15) is 13.2 Å². The minimum absolute atomic E-state index is 0.158. The molecule has 2 aliphatic heterocycles. The first-order valence-electron chi connectivity index (χ1n) is 5.90. The second-order valence-electron chi connectivity index (χ2n) is 4.59. The van der Waals surface area contributed by atoms with E-state index in [4.69, 9.17) is 0 Å². The van der Waals surface area contributed by atoms with Gasteiger partial charge < -0.3 is 0 Å². The lowest BCUT2D eigenvalue weighted by Crippen LogP contribution is -3.61. The van der Waals surface area contributed by atoms with Crippen molar-refractivity contribution in [3.63, 3.8) is 0 Å². The van der Waals surface area contributed by atoms with Gasteiger partial charge in [0.2, 0.25) is 3.58 Å². The van der Waals surface area contributed by atoms with Crippen molar-refractivity contribution in [2.24, 2.45) is 0 Å². The van der Waals surface area contributed by atoms with Crippen LogP contribution >= 0.6 is 0 Å². The molecule has 100 valence electrons. The Hall–Kier alpha value is -0.820. The minimum atomic E-state index is -4.22. The molecule has 2 atom stereocenters. The summed E-state index contributed by atoms with van der Waals surface area (Å²) in [6, 6.07) is 8.76. The number of rotatable bonds is 2. The summed E-state index contributed by atoms with van der Waals surface area (Å²) in [4.78, 5) is 1.81. The lowest BCUT2D eigenvalue weighted by molar-refractivity contribution is -0.581. The fourth-order valence-electron chi connectivity index (χ4n) is 2.52. The van der Waals surface area contributed by atoms with Gasteiger partial charge >= 0.3 is 27.4 Å². The zero-order valence-corrected chi connectivity index (χ0v) is 12.3. The van der Waals surface area contributed by atoms with Gasteiger partial charge in [0, 0.05) is 0 Å². The fourth-order valence-corrected chi connectivity index (χ4v) is 5.85. The molecule has 1 aromatic carbocycles. The molecule has 19 heavy (non-hydrogen) atoms. The highest BCUT2D eigenvalue weighted by atomic mass is 127. The van der Waals surface area contributed by atoms with Crippen LogP contribution < -0.4 is 21.2 Å². The molecule has 0 radical (unpaired) electrons. The van der Waals surface area contributed by atoms with Crippen LogP contribution in [0.4, 0.5) is 13.2 Å². The highest BCUT2D eigenvalue weighted by Gasteiger charge is 2.56. The third-order valence-electron chi connectivity index (χ3n) is 3.42. The number of likely N-dealkylation sites (N-methyl/N-ethyl adjacent to an activating group) is 1. The van der Waals surface area contributed by atoms with E-state index in [1.807, 2.05) is 36.4 Å². The Morgan fingerprint density at radius 2 is 1.68 bits per heavy atom. The summed E-state index contributed by atoms with van der Waals surface area (Å²) in [7, 11) is 1.77. The van der Waals surface area contributed by atoms with Crippen LogP contribution in [0.25, 0.3) is 0 Å². The third-order valence-corrected chi connectivity index (χ3v) is 6.56. The summed E-state index contributed by atoms with van der Waals surface area (Å²) < 4.78 is 41.4. The van der Waals surface area contributed by atoms with E-state index in [-0.39, 0.29) is 11.6 Å². The average Bonchev–Trinajstić information content (AvgIpc) is 2.83. The largest absolute Gasteiger partial charge is 0.418 e. The van der Waals surface area contributed by atoms with Crippen molar-refractivity contribution < 1.29 is 34.4 Å². The molecule has 0 aromatic heterocycles. The summed E-state index contributed by atoms with van der Waals surface area (Å²) >= 11 is -0.760. The maximum atomic E-state index is 13.2. The van der Waals surface area contributed by atoms with E-state index in [1.165, 1.54) is 0 Å². The third kappa shape index (κ3) is 2.23. The van der Waals surface area contributed by atoms with Crippen LogP contribution in [-0.4, -0.2) is 30.2 Å². The van der Waals surface area contributed by atoms with Crippen molar-refractivity contribution in [3.05, 3.63) is 55.2 Å². The predicted octanol–water partition coefficient (Wildman–Crippen LogP) is 0.0140. The molecule has 3 rings (SSSR count). The highest BCUT2D eigenvalue weighted by Crippen LogP contribution is 2.41. The normalized spacial score (nSPS) is 26.5. The molecule has 1 nitrogen and oxygen atoms in total. The van der Waals surface area contributed by atoms with Crippen LogP contribution in [0.15, 0.2) is 51.6 Å². The van der Waals surface area contributed by atoms with Gasteiger partial charge in [0.05, 0.1) is 12.1 Å². The topological polar surface area (TPSA) is 3.24 Å². The molecule has 0 N–H and O–H groups in total. The quantitative estimate of drug-likeness (QED) is 0.518. The summed E-state index contributed by atoms with van der Waals surface area (Å²) in [6.45, 7) is 0. The van der Waals surface area contributed by atoms with E-state index in [1.54, 1.807) is 18.0 Å². The van der Waals surface area contributed by atoms with Gasteiger partial charge in [-0.2, -0.15) is 13.2 Å². The van der Waals surface area contributed by atoms with Crippen LogP contribution in [0.2, 0.25) is 0 Å². The van der Waals surface area contributed by atoms with Gasteiger partial charge in [0.1, 0.15) is 5.57 Å². The highest BCUT2D eigenvalue weighted by molar-refractivity contribution is 5.42. The van der Waals surface area contributed by atoms with Gasteiger partial charge in [0.25, 0.3) is 0 Å². The van der Waals surface area contributed by atoms with Crippen molar-refractivity contribution in [2.75, 3.05) is 7.05 Å². The van der Waals surface area contributed by atoms with Crippen LogP contribution in [0, 0.1) is 3.57 Å². The first-order chi connectivity index (χ1) is 8.98. The predicted molar refractivity (Wildman–Crippen MR) is 62.7 cm³/mol. The minimum Gasteiger partial charge on any atom is -0.282 e. The molecule has 0 spiro atoms. The molecule has 0 unspecified atom stereocenters. The van der Waals surface area contributed by atoms with Crippen LogP contribution in [0.3, 0.4) is 0 Å². The number of halogens is 4. The molecular weight excluding hydrogens is 366 g/mol. The first-order valence-corrected chi connectivity index (χ1v) is 8.05. The second-order valence-corrected chi connectivity index (χ2v) is 7.54. The second kappa shape index (κ2) is 4.63. The Morgan fingerprint density at radius 1 is 1.05 bits per heavy atom. The maximum Gasteiger partial charge on any atom is 0.418 e. The molecule has 2 heterocycles. The molecule has 1 aromatic rings. The standard InChI is InChI=1S/C14H12F3IN/c1-19-10-7-8-11(19)13(12(10)14(15,16)17)18-9-5-3-2-4-6-9/h2-8,10-11H,1H3/q+1/t10-,11+/m1/s1. The van der Waals surface area contributed by atoms with Crippen LogP contribution in [-0.2, 0) is 0 Å². The number of hydrogen-bond donors (Lipinski definition) is 0. The molecule has 2 bridgehead atoms. The number of benzene rings is 1. The van der Waals surface area contributed by atoms with Gasteiger partial charge in [-0.05, 0) is 19.2 Å². The Kier molecular flexibility index (Phi) is 3.21. The average molecular weight is 378 g/mol. The molecular formula is C14H12F3IN+. The molecule has 0 amide bonds. The van der Waals surface area contributed by atoms with Gasteiger partial charge in [0.15, 0.2) is 3.57 Å². The number of nitrogens with zero attached hydrogens (tertiary/aromatic N) is 1. The summed E-state index contributed by atoms with van der Waals surface area (Å²) in [6.07, 6.45) is -0.647. The monoisotopic (exact) mass is 378 g/mol. The number of fused-ring (bicyclic) bond motifs is 2. The Bertz CT molecular complexity index is 548. The van der Waals surface area contributed by atoms with Crippen LogP contribution in [0.5, 0.6) is 0 Å². The van der Waals surface area contributed by atoms with E-state index >= 15 is 0 Å². The molecule has 0 saturated heterocycles. The fraction of sp³-hybridized carbons (Fsp3) is 0.286. The molecule has 0 saturated carbocycles. The summed E-state index contributed by atoms with van der Waals surface area (Å²) in [5.74, 6) is 0. The van der Waals surface area contributed by atoms with E-state index in [0.717, 1.165) is 3.57 Å². The number of alkyl halides is 3. The Morgan fingerprint density at radius 3 is 2.32 bits per heavy atom. The van der Waals surface area contributed by atoms with Crippen molar-refractivity contribution in [2.45, 2.75) is 18.3 Å². The van der Waals surface area contributed by atoms with E-state index < -0.39 is 33.4 Å². The zero-order valence-electron chi connectivity index (χ0n) is 10.2.